The average Bonchev–Trinajstić information content (AvgIpc) is 3.24. The summed E-state index contributed by atoms with van der Waals surface area (Å²) in [7, 11) is 0. The van der Waals surface area contributed by atoms with Crippen LogP contribution in [-0.2, 0) is 26.3 Å². The minimum Gasteiger partial charge on any atom is -0.657 e. The molecule has 0 aliphatic heterocycles. The van der Waals surface area contributed by atoms with Gasteiger partial charge in [0.05, 0.1) is 0 Å². The molecule has 3 rings (SSSR count). The van der Waals surface area contributed by atoms with Gasteiger partial charge in [0.15, 0.2) is 5.69 Å². The Bertz CT molecular complexity index is 1010. The van der Waals surface area contributed by atoms with E-state index in [9.17, 15) is 26.3 Å². The molecule has 0 unspecified atom stereocenters. The van der Waals surface area contributed by atoms with Gasteiger partial charge in [-0.15, -0.1) is 61.4 Å². The van der Waals surface area contributed by atoms with E-state index in [-0.39, 0.29) is 37.9 Å². The first-order valence-corrected chi connectivity index (χ1v) is 10.5. The molecule has 198 valence electrons. The van der Waals surface area contributed by atoms with Crippen LogP contribution in [0, 0.1) is 6.07 Å². The first-order chi connectivity index (χ1) is 16.2. The van der Waals surface area contributed by atoms with E-state index in [1.807, 2.05) is 27.7 Å². The van der Waals surface area contributed by atoms with Crippen LogP contribution >= 0.6 is 0 Å². The number of benzene rings is 1. The third-order valence-electron chi connectivity index (χ3n) is 3.96. The normalized spacial score (nSPS) is 11.8. The number of hydrogen-bond donors (Lipinski definition) is 0. The first kappa shape index (κ1) is 31.6. The largest absolute Gasteiger partial charge is 3.00 e. The Morgan fingerprint density at radius 2 is 1.56 bits per heavy atom. The van der Waals surface area contributed by atoms with E-state index in [0.29, 0.717) is 11.3 Å². The summed E-state index contributed by atoms with van der Waals surface area (Å²) in [4.78, 5) is 4.06. The Morgan fingerprint density at radius 3 is 1.97 bits per heavy atom. The van der Waals surface area contributed by atoms with Crippen LogP contribution in [0.2, 0.25) is 0 Å². The molecule has 2 aromatic heterocycles. The SMILES string of the molecule is CC(C)[N-]C([N-]C(C)C)n1ccc(C(F)(F)F)n1.FC(F)(F)Oc1c[c-]c(-c2ccccn2)cc1.[Ir+3]. The van der Waals surface area contributed by atoms with Gasteiger partial charge >= 0.3 is 32.6 Å². The topological polar surface area (TPSA) is 68.1 Å². The fourth-order valence-corrected chi connectivity index (χ4v) is 2.62. The molecule has 3 aromatic rings. The van der Waals surface area contributed by atoms with E-state index in [0.717, 1.165) is 16.8 Å². The second-order valence-electron chi connectivity index (χ2n) is 7.71. The summed E-state index contributed by atoms with van der Waals surface area (Å²) in [5.74, 6) is -0.294. The van der Waals surface area contributed by atoms with Crippen LogP contribution in [0.3, 0.4) is 0 Å². The second kappa shape index (κ2) is 13.7. The minimum absolute atomic E-state index is 0. The van der Waals surface area contributed by atoms with E-state index in [1.54, 1.807) is 24.4 Å². The van der Waals surface area contributed by atoms with Gasteiger partial charge in [0.1, 0.15) is 0 Å². The zero-order valence-electron chi connectivity index (χ0n) is 19.7. The Balaban J connectivity index is 0.000000351. The molecule has 0 spiro atoms. The number of hydrogen-bond acceptors (Lipinski definition) is 3. The van der Waals surface area contributed by atoms with Crippen molar-refractivity contribution >= 4 is 0 Å². The van der Waals surface area contributed by atoms with Crippen molar-refractivity contribution in [1.82, 2.24) is 14.8 Å². The van der Waals surface area contributed by atoms with E-state index in [1.165, 1.54) is 18.3 Å². The summed E-state index contributed by atoms with van der Waals surface area (Å²) < 4.78 is 78.0. The molecule has 13 heteroatoms. The maximum absolute atomic E-state index is 12.5. The third kappa shape index (κ3) is 11.1. The van der Waals surface area contributed by atoms with E-state index < -0.39 is 24.5 Å². The van der Waals surface area contributed by atoms with Crippen LogP contribution in [0.4, 0.5) is 26.3 Å². The molecule has 0 amide bonds. The van der Waals surface area contributed by atoms with Crippen LogP contribution in [0.5, 0.6) is 5.75 Å². The molecule has 0 bridgehead atoms. The second-order valence-corrected chi connectivity index (χ2v) is 7.71. The fraction of sp³-hybridized carbons (Fsp3) is 0.391. The average molecular weight is 693 g/mol. The van der Waals surface area contributed by atoms with E-state index in [4.69, 9.17) is 0 Å². The van der Waals surface area contributed by atoms with Gasteiger partial charge in [-0.1, -0.05) is 39.8 Å². The molecule has 2 heterocycles. The summed E-state index contributed by atoms with van der Waals surface area (Å²) >= 11 is 0. The Hall–Kier alpha value is -2.47. The predicted molar refractivity (Wildman–Crippen MR) is 118 cm³/mol. The molecule has 0 radical (unpaired) electrons. The maximum Gasteiger partial charge on any atom is 3.00 e. The summed E-state index contributed by atoms with van der Waals surface area (Å²) in [5.41, 5.74) is 0.330. The van der Waals surface area contributed by atoms with Gasteiger partial charge in [-0.25, -0.2) is 0 Å². The number of ether oxygens (including phenoxy) is 1. The van der Waals surface area contributed by atoms with Crippen LogP contribution in [0.25, 0.3) is 21.9 Å². The van der Waals surface area contributed by atoms with Crippen LogP contribution < -0.4 is 4.74 Å². The Labute approximate surface area is 218 Å². The summed E-state index contributed by atoms with van der Waals surface area (Å²) in [6.07, 6.45) is -6.97. The van der Waals surface area contributed by atoms with Crippen LogP contribution in [0.1, 0.15) is 39.7 Å². The molecular formula is C23H24F6IrN5O. The third-order valence-corrected chi connectivity index (χ3v) is 3.96. The van der Waals surface area contributed by atoms with Gasteiger partial charge in [0.25, 0.3) is 0 Å². The van der Waals surface area contributed by atoms with Crippen molar-refractivity contribution < 1.29 is 51.2 Å². The van der Waals surface area contributed by atoms with Crippen molar-refractivity contribution in [3.8, 4) is 17.0 Å². The molecule has 6 nitrogen and oxygen atoms in total. The molecule has 0 aliphatic carbocycles. The quantitative estimate of drug-likeness (QED) is 0.192. The van der Waals surface area contributed by atoms with Gasteiger partial charge in [-0.3, -0.25) is 0 Å². The number of halogens is 6. The van der Waals surface area contributed by atoms with E-state index >= 15 is 0 Å². The number of rotatable bonds is 7. The molecule has 0 saturated heterocycles. The fourth-order valence-electron chi connectivity index (χ4n) is 2.62. The molecular weight excluding hydrogens is 668 g/mol. The number of nitrogens with zero attached hydrogens (tertiary/aromatic N) is 5. The monoisotopic (exact) mass is 693 g/mol. The minimum atomic E-state index is -4.68. The van der Waals surface area contributed by atoms with Crippen molar-refractivity contribution in [3.63, 3.8) is 0 Å². The van der Waals surface area contributed by atoms with Crippen LogP contribution in [-0.4, -0.2) is 33.2 Å². The predicted octanol–water partition coefficient (Wildman–Crippen LogP) is 7.37. The maximum atomic E-state index is 12.5. The number of aromatic nitrogens is 3. The number of alkyl halides is 6. The van der Waals surface area contributed by atoms with Gasteiger partial charge in [-0.05, 0) is 17.8 Å². The van der Waals surface area contributed by atoms with E-state index in [2.05, 4.69) is 31.5 Å². The first-order valence-electron chi connectivity index (χ1n) is 10.5. The van der Waals surface area contributed by atoms with Gasteiger partial charge in [0.2, 0.25) is 0 Å². The zero-order valence-corrected chi connectivity index (χ0v) is 22.1. The van der Waals surface area contributed by atoms with Crippen molar-refractivity contribution in [3.05, 3.63) is 77.3 Å². The standard InChI is InChI=1S/C12H7F3NO.C11H17F3N4.Ir/c13-12(14,15)17-10-6-4-9(5-7-10)11-3-1-2-8-16-11;1-7(2)15-10(16-8(3)4)18-6-5-9(17-18)11(12,13)14;/h1-4,6-8H;5-8,10H,1-4H3;/q-1;-2;+3. The van der Waals surface area contributed by atoms with Crippen molar-refractivity contribution in [1.29, 1.82) is 0 Å². The molecule has 0 fully saturated rings. The molecule has 0 aliphatic rings. The number of pyridine rings is 1. The molecule has 36 heavy (non-hydrogen) atoms. The summed E-state index contributed by atoms with van der Waals surface area (Å²) in [6, 6.07) is 12.7. The Kier molecular flexibility index (Phi) is 12.0. The summed E-state index contributed by atoms with van der Waals surface area (Å²) in [6.45, 7) is 7.38. The van der Waals surface area contributed by atoms with Crippen molar-refractivity contribution in [2.24, 2.45) is 0 Å². The molecule has 0 saturated carbocycles. The molecule has 0 N–H and O–H groups in total. The van der Waals surface area contributed by atoms with Crippen molar-refractivity contribution in [2.45, 2.75) is 58.6 Å². The van der Waals surface area contributed by atoms with Crippen LogP contribution in [0.15, 0.2) is 54.9 Å². The summed E-state index contributed by atoms with van der Waals surface area (Å²) in [5, 5.41) is 12.0. The molecule has 1 aromatic carbocycles. The van der Waals surface area contributed by atoms with Crippen molar-refractivity contribution in [2.75, 3.05) is 0 Å². The Morgan fingerprint density at radius 1 is 0.917 bits per heavy atom. The van der Waals surface area contributed by atoms with Gasteiger partial charge in [0, 0.05) is 18.1 Å². The van der Waals surface area contributed by atoms with Gasteiger partial charge < -0.3 is 25.0 Å². The zero-order chi connectivity index (χ0) is 26.2. The smallest absolute Gasteiger partial charge is 0.657 e. The van der Waals surface area contributed by atoms with Gasteiger partial charge in [-0.2, -0.15) is 18.3 Å². The molecule has 0 atom stereocenters.